The predicted octanol–water partition coefficient (Wildman–Crippen LogP) is 8.28. The minimum absolute atomic E-state index is 0.202. The van der Waals surface area contributed by atoms with E-state index in [4.69, 9.17) is 20.8 Å². The van der Waals surface area contributed by atoms with Gasteiger partial charge in [0, 0.05) is 73.5 Å². The van der Waals surface area contributed by atoms with E-state index < -0.39 is 20.2 Å². The molecule has 1 aliphatic heterocycles. The smallest absolute Gasteiger partial charge is 0.311 e. The van der Waals surface area contributed by atoms with Crippen molar-refractivity contribution >= 4 is 42.7 Å². The van der Waals surface area contributed by atoms with Crippen LogP contribution in [0.2, 0.25) is 23.2 Å². The summed E-state index contributed by atoms with van der Waals surface area (Å²) in [5, 5.41) is 12.5. The molecule has 1 N–H and O–H groups in total. The molecule has 8 nitrogen and oxygen atoms in total. The molecule has 5 rings (SSSR count). The number of hydrogen-bond acceptors (Lipinski definition) is 6. The molecule has 1 aliphatic rings. The van der Waals surface area contributed by atoms with Gasteiger partial charge in [0.05, 0.1) is 18.5 Å². The van der Waals surface area contributed by atoms with Crippen LogP contribution >= 0.6 is 11.6 Å². The molecule has 2 unspecified atom stereocenters. The quantitative estimate of drug-likeness (QED) is 0.110. The standard InChI is InChI=1S/C40H52ClN3O5Si/c1-28-36(33-26-32(48-5)18-19-35(33)44(28)38(45)30-14-16-31(41)17-15-30)37(39(46)47)34(29-12-9-8-10-13-29)27-43-23-21-42(22-24-43)20-11-25-49-50(6,7)40(2,3)4/h8-10,12-19,26,34,37H,11,20-25,27H2,1-7H3,(H,46,47). The summed E-state index contributed by atoms with van der Waals surface area (Å²) >= 11 is 6.13. The first kappa shape index (κ1) is 37.8. The zero-order chi connectivity index (χ0) is 36.2. The molecule has 1 fully saturated rings. The summed E-state index contributed by atoms with van der Waals surface area (Å²) in [5.41, 5.74) is 3.29. The number of benzene rings is 3. The maximum Gasteiger partial charge on any atom is 0.311 e. The lowest BCUT2D eigenvalue weighted by Gasteiger charge is -2.38. The normalized spacial score (nSPS) is 16.0. The van der Waals surface area contributed by atoms with Crippen LogP contribution in [0.3, 0.4) is 0 Å². The van der Waals surface area contributed by atoms with Crippen LogP contribution in [0.5, 0.6) is 5.75 Å². The summed E-state index contributed by atoms with van der Waals surface area (Å²) in [6.45, 7) is 19.1. The third-order valence-electron chi connectivity index (χ3n) is 10.8. The lowest BCUT2D eigenvalue weighted by atomic mass is 9.79. The third kappa shape index (κ3) is 8.35. The van der Waals surface area contributed by atoms with Crippen molar-refractivity contribution in [2.24, 2.45) is 0 Å². The number of rotatable bonds is 13. The number of aliphatic carboxylic acids is 1. The van der Waals surface area contributed by atoms with E-state index >= 15 is 0 Å². The summed E-state index contributed by atoms with van der Waals surface area (Å²) in [6.07, 6.45) is 1.00. The van der Waals surface area contributed by atoms with Gasteiger partial charge in [0.25, 0.3) is 5.91 Å². The topological polar surface area (TPSA) is 84.2 Å². The first-order chi connectivity index (χ1) is 23.7. The molecule has 0 aliphatic carbocycles. The van der Waals surface area contributed by atoms with Crippen molar-refractivity contribution < 1.29 is 23.9 Å². The molecule has 0 saturated carbocycles. The van der Waals surface area contributed by atoms with Gasteiger partial charge in [0.15, 0.2) is 8.32 Å². The second kappa shape index (κ2) is 15.8. The zero-order valence-corrected chi connectivity index (χ0v) is 32.3. The number of hydrogen-bond donors (Lipinski definition) is 1. The van der Waals surface area contributed by atoms with Gasteiger partial charge in [0.2, 0.25) is 0 Å². The van der Waals surface area contributed by atoms with E-state index in [9.17, 15) is 14.7 Å². The predicted molar refractivity (Wildman–Crippen MR) is 205 cm³/mol. The molecule has 2 heterocycles. The molecule has 0 amide bonds. The van der Waals surface area contributed by atoms with E-state index in [1.54, 1.807) is 42.0 Å². The van der Waals surface area contributed by atoms with Crippen molar-refractivity contribution in [2.45, 2.75) is 64.1 Å². The Morgan fingerprint density at radius 3 is 2.18 bits per heavy atom. The number of carboxylic acid groups (broad SMARTS) is 1. The number of piperazine rings is 1. The number of carboxylic acids is 1. The van der Waals surface area contributed by atoms with Crippen LogP contribution in [0.4, 0.5) is 0 Å². The lowest BCUT2D eigenvalue weighted by Crippen LogP contribution is -2.48. The SMILES string of the molecule is COc1ccc2c(c1)c(C(C(=O)O)C(CN1CCN(CCCO[Si](C)(C)C(C)(C)C)CC1)c1ccccc1)c(C)n2C(=O)c1ccc(Cl)cc1. The largest absolute Gasteiger partial charge is 0.497 e. The van der Waals surface area contributed by atoms with Gasteiger partial charge in [-0.3, -0.25) is 14.2 Å². The Labute approximate surface area is 303 Å². The Balaban J connectivity index is 1.43. The molecule has 0 bridgehead atoms. The van der Waals surface area contributed by atoms with E-state index in [1.807, 2.05) is 49.4 Å². The average molecular weight is 718 g/mol. The Hall–Kier alpha value is -3.47. The van der Waals surface area contributed by atoms with E-state index in [1.165, 1.54) is 0 Å². The Morgan fingerprint density at radius 1 is 0.940 bits per heavy atom. The molecular weight excluding hydrogens is 666 g/mol. The van der Waals surface area contributed by atoms with Gasteiger partial charge < -0.3 is 24.1 Å². The molecule has 4 aromatic rings. The molecule has 0 radical (unpaired) electrons. The summed E-state index contributed by atoms with van der Waals surface area (Å²) in [5.74, 6) is -1.86. The minimum Gasteiger partial charge on any atom is -0.497 e. The van der Waals surface area contributed by atoms with E-state index in [-0.39, 0.29) is 16.9 Å². The van der Waals surface area contributed by atoms with Crippen molar-refractivity contribution in [3.8, 4) is 5.75 Å². The van der Waals surface area contributed by atoms with Crippen LogP contribution in [0.1, 0.15) is 66.2 Å². The molecule has 50 heavy (non-hydrogen) atoms. The molecule has 3 aromatic carbocycles. The Kier molecular flexibility index (Phi) is 12.0. The van der Waals surface area contributed by atoms with Crippen molar-refractivity contribution in [1.82, 2.24) is 14.4 Å². The number of methoxy groups -OCH3 is 1. The molecule has 268 valence electrons. The number of carbonyl (C=O) groups excluding carboxylic acids is 1. The maximum absolute atomic E-state index is 14.0. The zero-order valence-electron chi connectivity index (χ0n) is 30.5. The van der Waals surface area contributed by atoms with Crippen LogP contribution in [0.25, 0.3) is 10.9 Å². The number of carbonyl (C=O) groups is 2. The highest BCUT2D eigenvalue weighted by Crippen LogP contribution is 2.42. The summed E-state index contributed by atoms with van der Waals surface area (Å²) in [7, 11) is -0.170. The van der Waals surface area contributed by atoms with Gasteiger partial charge >= 0.3 is 5.97 Å². The van der Waals surface area contributed by atoms with Crippen molar-refractivity contribution in [2.75, 3.05) is 53.0 Å². The molecule has 10 heteroatoms. The molecule has 1 aromatic heterocycles. The van der Waals surface area contributed by atoms with Crippen molar-refractivity contribution in [1.29, 1.82) is 0 Å². The fourth-order valence-corrected chi connectivity index (χ4v) is 8.04. The van der Waals surface area contributed by atoms with Gasteiger partial charge in [-0.2, -0.15) is 0 Å². The van der Waals surface area contributed by atoms with E-state index in [0.717, 1.165) is 51.3 Å². The number of aromatic nitrogens is 1. The second-order valence-electron chi connectivity index (χ2n) is 15.0. The number of halogens is 1. The highest BCUT2D eigenvalue weighted by Gasteiger charge is 2.39. The number of ether oxygens (including phenoxy) is 1. The first-order valence-electron chi connectivity index (χ1n) is 17.6. The van der Waals surface area contributed by atoms with Crippen LogP contribution in [0.15, 0.2) is 72.8 Å². The van der Waals surface area contributed by atoms with E-state index in [2.05, 4.69) is 43.7 Å². The van der Waals surface area contributed by atoms with Crippen LogP contribution in [-0.2, 0) is 9.22 Å². The molecular formula is C40H52ClN3O5Si. The number of fused-ring (bicyclic) bond motifs is 1. The fourth-order valence-electron chi connectivity index (χ4n) is 6.83. The summed E-state index contributed by atoms with van der Waals surface area (Å²) in [4.78, 5) is 32.5. The highest BCUT2D eigenvalue weighted by molar-refractivity contribution is 6.74. The van der Waals surface area contributed by atoms with Gasteiger partial charge in [-0.05, 0) is 85.1 Å². The summed E-state index contributed by atoms with van der Waals surface area (Å²) in [6, 6.07) is 22.2. The van der Waals surface area contributed by atoms with Gasteiger partial charge in [-0.15, -0.1) is 0 Å². The second-order valence-corrected chi connectivity index (χ2v) is 20.2. The Bertz CT molecular complexity index is 1780. The van der Waals surface area contributed by atoms with Gasteiger partial charge in [-0.25, -0.2) is 0 Å². The molecule has 0 spiro atoms. The minimum atomic E-state index is -1.76. The van der Waals surface area contributed by atoms with Crippen molar-refractivity contribution in [3.63, 3.8) is 0 Å². The maximum atomic E-state index is 14.0. The van der Waals surface area contributed by atoms with Crippen LogP contribution in [-0.4, -0.2) is 92.7 Å². The monoisotopic (exact) mass is 717 g/mol. The van der Waals surface area contributed by atoms with Gasteiger partial charge in [-0.1, -0.05) is 62.7 Å². The molecule has 2 atom stereocenters. The first-order valence-corrected chi connectivity index (χ1v) is 20.9. The van der Waals surface area contributed by atoms with Crippen LogP contribution < -0.4 is 4.74 Å². The van der Waals surface area contributed by atoms with Gasteiger partial charge in [0.1, 0.15) is 5.75 Å². The third-order valence-corrected chi connectivity index (χ3v) is 15.6. The molecule has 1 saturated heterocycles. The highest BCUT2D eigenvalue weighted by atomic mass is 35.5. The van der Waals surface area contributed by atoms with E-state index in [0.29, 0.717) is 45.0 Å². The van der Waals surface area contributed by atoms with Crippen LogP contribution in [0, 0.1) is 6.92 Å². The average Bonchev–Trinajstić information content (AvgIpc) is 3.37. The number of nitrogens with zero attached hydrogens (tertiary/aromatic N) is 3. The Morgan fingerprint density at radius 2 is 1.58 bits per heavy atom. The summed E-state index contributed by atoms with van der Waals surface area (Å²) < 4.78 is 13.6. The lowest BCUT2D eigenvalue weighted by molar-refractivity contribution is -0.139. The van der Waals surface area contributed by atoms with Crippen molar-refractivity contribution in [3.05, 3.63) is 100 Å². The fraction of sp³-hybridized carbons (Fsp3) is 0.450.